The molecule has 0 radical (unpaired) electrons. The van der Waals surface area contributed by atoms with Crippen molar-refractivity contribution in [3.05, 3.63) is 35.9 Å². The van der Waals surface area contributed by atoms with E-state index in [0.717, 1.165) is 5.56 Å². The lowest BCUT2D eigenvalue weighted by Gasteiger charge is -2.33. The van der Waals surface area contributed by atoms with Crippen LogP contribution in [-0.2, 0) is 24.7 Å². The lowest BCUT2D eigenvalue weighted by molar-refractivity contribution is -0.154. The van der Waals surface area contributed by atoms with E-state index < -0.39 is 5.60 Å². The smallest absolute Gasteiger partial charge is 0.309 e. The summed E-state index contributed by atoms with van der Waals surface area (Å²) in [6, 6.07) is 9.62. The molecule has 0 N–H and O–H groups in total. The zero-order chi connectivity index (χ0) is 16.4. The van der Waals surface area contributed by atoms with E-state index in [1.165, 1.54) is 0 Å². The molecule has 0 spiro atoms. The van der Waals surface area contributed by atoms with Crippen LogP contribution in [0.15, 0.2) is 30.3 Å². The van der Waals surface area contributed by atoms with E-state index in [4.69, 9.17) is 9.47 Å². The van der Waals surface area contributed by atoms with Crippen LogP contribution in [0.2, 0.25) is 0 Å². The van der Waals surface area contributed by atoms with E-state index in [9.17, 15) is 9.59 Å². The van der Waals surface area contributed by atoms with Crippen LogP contribution in [-0.4, -0.2) is 25.0 Å². The molecule has 0 heterocycles. The molecule has 4 nitrogen and oxygen atoms in total. The first-order chi connectivity index (χ1) is 10.6. The second-order valence-electron chi connectivity index (χ2n) is 5.17. The van der Waals surface area contributed by atoms with Crippen molar-refractivity contribution in [1.29, 1.82) is 0 Å². The lowest BCUT2D eigenvalue weighted by Crippen LogP contribution is -2.34. The van der Waals surface area contributed by atoms with Gasteiger partial charge in [-0.1, -0.05) is 37.3 Å². The van der Waals surface area contributed by atoms with Gasteiger partial charge >= 0.3 is 5.97 Å². The Morgan fingerprint density at radius 1 is 1.05 bits per heavy atom. The van der Waals surface area contributed by atoms with Crippen molar-refractivity contribution in [3.8, 4) is 0 Å². The van der Waals surface area contributed by atoms with Crippen LogP contribution < -0.4 is 0 Å². The summed E-state index contributed by atoms with van der Waals surface area (Å²) in [5.41, 5.74) is 0.112. The van der Waals surface area contributed by atoms with E-state index >= 15 is 0 Å². The van der Waals surface area contributed by atoms with Crippen molar-refractivity contribution in [2.24, 2.45) is 0 Å². The molecule has 1 aromatic carbocycles. The molecule has 4 heteroatoms. The number of carbonyl (C=O) groups is 2. The predicted octanol–water partition coefficient (Wildman–Crippen LogP) is 3.63. The van der Waals surface area contributed by atoms with E-state index in [0.29, 0.717) is 32.5 Å². The van der Waals surface area contributed by atoms with Gasteiger partial charge < -0.3 is 9.47 Å². The van der Waals surface area contributed by atoms with E-state index in [2.05, 4.69) is 0 Å². The second-order valence-corrected chi connectivity index (χ2v) is 5.17. The van der Waals surface area contributed by atoms with Crippen LogP contribution >= 0.6 is 0 Å². The Balaban J connectivity index is 3.07. The maximum absolute atomic E-state index is 12.0. The fourth-order valence-electron chi connectivity index (χ4n) is 2.52. The van der Waals surface area contributed by atoms with Crippen LogP contribution in [0, 0.1) is 0 Å². The van der Waals surface area contributed by atoms with Gasteiger partial charge in [0, 0.05) is 19.4 Å². The van der Waals surface area contributed by atoms with Gasteiger partial charge in [0.25, 0.3) is 0 Å². The Labute approximate surface area is 132 Å². The highest BCUT2D eigenvalue weighted by Crippen LogP contribution is 2.35. The van der Waals surface area contributed by atoms with E-state index in [1.807, 2.05) is 44.2 Å². The van der Waals surface area contributed by atoms with Crippen LogP contribution in [0.4, 0.5) is 0 Å². The van der Waals surface area contributed by atoms with Gasteiger partial charge in [0.05, 0.1) is 13.0 Å². The molecule has 1 rings (SSSR count). The highest BCUT2D eigenvalue weighted by atomic mass is 16.5. The first kappa shape index (κ1) is 18.4. The average molecular weight is 306 g/mol. The van der Waals surface area contributed by atoms with Crippen LogP contribution in [0.25, 0.3) is 0 Å². The van der Waals surface area contributed by atoms with Crippen LogP contribution in [0.3, 0.4) is 0 Å². The number of hydrogen-bond donors (Lipinski definition) is 0. The largest absolute Gasteiger partial charge is 0.466 e. The standard InChI is InChI=1S/C18H26O4/c1-4-16(19)12-13-18(22-6-3,14-17(20)21-5-2)15-10-8-7-9-11-15/h7-11H,4-6,12-14H2,1-3H3. The van der Waals surface area contributed by atoms with Gasteiger partial charge in [0.15, 0.2) is 0 Å². The molecule has 0 aliphatic carbocycles. The first-order valence-corrected chi connectivity index (χ1v) is 7.94. The Morgan fingerprint density at radius 2 is 1.73 bits per heavy atom. The minimum Gasteiger partial charge on any atom is -0.466 e. The van der Waals surface area contributed by atoms with Gasteiger partial charge in [-0.05, 0) is 25.8 Å². The average Bonchev–Trinajstić information content (AvgIpc) is 2.53. The molecule has 0 aliphatic rings. The SMILES string of the molecule is CCOC(=O)CC(CCC(=O)CC)(OCC)c1ccccc1. The van der Waals surface area contributed by atoms with Crippen LogP contribution in [0.5, 0.6) is 0 Å². The Kier molecular flexibility index (Phi) is 7.82. The fourth-order valence-corrected chi connectivity index (χ4v) is 2.52. The summed E-state index contributed by atoms with van der Waals surface area (Å²) >= 11 is 0. The topological polar surface area (TPSA) is 52.6 Å². The number of ether oxygens (including phenoxy) is 2. The Bertz CT molecular complexity index is 469. The second kappa shape index (κ2) is 9.36. The minimum atomic E-state index is -0.799. The van der Waals surface area contributed by atoms with Crippen molar-refractivity contribution in [2.75, 3.05) is 13.2 Å². The molecule has 122 valence electrons. The Hall–Kier alpha value is -1.68. The summed E-state index contributed by atoms with van der Waals surface area (Å²) in [6.45, 7) is 6.32. The molecule has 0 bridgehead atoms. The highest BCUT2D eigenvalue weighted by Gasteiger charge is 2.36. The molecule has 1 atom stereocenters. The molecule has 0 saturated heterocycles. The monoisotopic (exact) mass is 306 g/mol. The van der Waals surface area contributed by atoms with Gasteiger partial charge in [-0.3, -0.25) is 9.59 Å². The summed E-state index contributed by atoms with van der Waals surface area (Å²) in [5.74, 6) is -0.132. The number of ketones is 1. The molecule has 1 unspecified atom stereocenters. The zero-order valence-corrected chi connectivity index (χ0v) is 13.8. The maximum Gasteiger partial charge on any atom is 0.309 e. The molecule has 22 heavy (non-hydrogen) atoms. The molecule has 0 aromatic heterocycles. The van der Waals surface area contributed by atoms with Crippen molar-refractivity contribution < 1.29 is 19.1 Å². The molecule has 0 saturated carbocycles. The molecule has 0 aliphatic heterocycles. The van der Waals surface area contributed by atoms with Gasteiger partial charge in [-0.15, -0.1) is 0 Å². The number of benzene rings is 1. The molecule has 1 aromatic rings. The molecular weight excluding hydrogens is 280 g/mol. The number of hydrogen-bond acceptors (Lipinski definition) is 4. The predicted molar refractivity (Wildman–Crippen MR) is 85.5 cm³/mol. The third-order valence-corrected chi connectivity index (χ3v) is 3.66. The third kappa shape index (κ3) is 5.26. The van der Waals surface area contributed by atoms with Crippen molar-refractivity contribution in [1.82, 2.24) is 0 Å². The van der Waals surface area contributed by atoms with Crippen molar-refractivity contribution in [3.63, 3.8) is 0 Å². The van der Waals surface area contributed by atoms with E-state index in [1.54, 1.807) is 6.92 Å². The molecular formula is C18H26O4. The number of esters is 1. The highest BCUT2D eigenvalue weighted by molar-refractivity contribution is 5.78. The van der Waals surface area contributed by atoms with Gasteiger partial charge in [0.2, 0.25) is 0 Å². The van der Waals surface area contributed by atoms with Crippen LogP contribution in [0.1, 0.15) is 52.0 Å². The van der Waals surface area contributed by atoms with Gasteiger partial charge in [-0.2, -0.15) is 0 Å². The summed E-state index contributed by atoms with van der Waals surface area (Å²) in [5, 5.41) is 0. The first-order valence-electron chi connectivity index (χ1n) is 7.94. The molecule has 0 amide bonds. The van der Waals surface area contributed by atoms with Gasteiger partial charge in [-0.25, -0.2) is 0 Å². The summed E-state index contributed by atoms with van der Waals surface area (Å²) in [4.78, 5) is 23.8. The summed E-state index contributed by atoms with van der Waals surface area (Å²) < 4.78 is 11.1. The third-order valence-electron chi connectivity index (χ3n) is 3.66. The van der Waals surface area contributed by atoms with Crippen molar-refractivity contribution in [2.45, 2.75) is 52.1 Å². The Morgan fingerprint density at radius 3 is 2.27 bits per heavy atom. The minimum absolute atomic E-state index is 0.121. The maximum atomic E-state index is 12.0. The lowest BCUT2D eigenvalue weighted by atomic mass is 9.84. The zero-order valence-electron chi connectivity index (χ0n) is 13.8. The van der Waals surface area contributed by atoms with Crippen molar-refractivity contribution >= 4 is 11.8 Å². The summed E-state index contributed by atoms with van der Waals surface area (Å²) in [6.07, 6.45) is 1.49. The summed E-state index contributed by atoms with van der Waals surface area (Å²) in [7, 11) is 0. The quantitative estimate of drug-likeness (QED) is 0.619. The number of carbonyl (C=O) groups excluding carboxylic acids is 2. The van der Waals surface area contributed by atoms with Gasteiger partial charge in [0.1, 0.15) is 11.4 Å². The normalized spacial score (nSPS) is 13.4. The number of Topliss-reactive ketones (excluding diaryl/α,β-unsaturated/α-hetero) is 1. The number of rotatable bonds is 10. The molecule has 0 fully saturated rings. The van der Waals surface area contributed by atoms with E-state index in [-0.39, 0.29) is 18.2 Å². The fraction of sp³-hybridized carbons (Fsp3) is 0.556.